The zero-order valence-electron chi connectivity index (χ0n) is 16.7. The summed E-state index contributed by atoms with van der Waals surface area (Å²) in [6.45, 7) is 11.0. The monoisotopic (exact) mass is 501 g/mol. The zero-order valence-corrected chi connectivity index (χ0v) is 19.9. The lowest BCUT2D eigenvalue weighted by Crippen LogP contribution is -2.48. The quantitative estimate of drug-likeness (QED) is 0.336. The molecule has 2 aliphatic heterocycles. The van der Waals surface area contributed by atoms with Crippen LogP contribution in [0, 0.1) is 11.8 Å². The summed E-state index contributed by atoms with van der Waals surface area (Å²) in [6, 6.07) is 0.991. The number of guanidine groups is 1. The number of nitrogens with one attached hydrogen (secondary N) is 2. The Bertz CT molecular complexity index is 562. The summed E-state index contributed by atoms with van der Waals surface area (Å²) >= 11 is 0. The van der Waals surface area contributed by atoms with Gasteiger partial charge in [0.05, 0.1) is 6.26 Å². The molecule has 7 nitrogen and oxygen atoms in total. The van der Waals surface area contributed by atoms with Crippen LogP contribution in [0.25, 0.3) is 0 Å². The average molecular weight is 501 g/mol. The second-order valence-electron chi connectivity index (χ2n) is 7.83. The lowest BCUT2D eigenvalue weighted by atomic mass is 9.98. The third-order valence-corrected chi connectivity index (χ3v) is 6.82. The summed E-state index contributed by atoms with van der Waals surface area (Å²) in [4.78, 5) is 6.86. The molecule has 2 aliphatic rings. The predicted molar refractivity (Wildman–Crippen MR) is 119 cm³/mol. The Labute approximate surface area is 176 Å². The first-order chi connectivity index (χ1) is 11.7. The molecular formula is C17H36IN5O2S. The molecule has 2 unspecified atom stereocenters. The van der Waals surface area contributed by atoms with Crippen molar-refractivity contribution in [2.45, 2.75) is 45.7 Å². The summed E-state index contributed by atoms with van der Waals surface area (Å²) in [6.07, 6.45) is 3.09. The third-order valence-electron chi connectivity index (χ3n) is 5.52. The van der Waals surface area contributed by atoms with Gasteiger partial charge < -0.3 is 10.6 Å². The molecule has 0 aromatic heterocycles. The van der Waals surface area contributed by atoms with Crippen LogP contribution < -0.4 is 10.6 Å². The van der Waals surface area contributed by atoms with Crippen LogP contribution in [0.5, 0.6) is 0 Å². The highest BCUT2D eigenvalue weighted by molar-refractivity contribution is 14.0. The van der Waals surface area contributed by atoms with Gasteiger partial charge in [-0.1, -0.05) is 6.92 Å². The van der Waals surface area contributed by atoms with Gasteiger partial charge in [-0.3, -0.25) is 9.89 Å². The van der Waals surface area contributed by atoms with Crippen molar-refractivity contribution in [3.05, 3.63) is 0 Å². The van der Waals surface area contributed by atoms with Crippen LogP contribution in [0.15, 0.2) is 4.99 Å². The predicted octanol–water partition coefficient (Wildman–Crippen LogP) is 1.17. The minimum Gasteiger partial charge on any atom is -0.356 e. The van der Waals surface area contributed by atoms with E-state index >= 15 is 0 Å². The highest BCUT2D eigenvalue weighted by Gasteiger charge is 2.31. The van der Waals surface area contributed by atoms with Crippen LogP contribution >= 0.6 is 24.0 Å². The average Bonchev–Trinajstić information content (AvgIpc) is 2.92. The Morgan fingerprint density at radius 1 is 1.23 bits per heavy atom. The van der Waals surface area contributed by atoms with E-state index < -0.39 is 10.0 Å². The first kappa shape index (κ1) is 23.9. The van der Waals surface area contributed by atoms with Gasteiger partial charge in [0.15, 0.2) is 5.96 Å². The first-order valence-corrected chi connectivity index (χ1v) is 11.2. The first-order valence-electron chi connectivity index (χ1n) is 9.37. The Balaban J connectivity index is 0.00000338. The van der Waals surface area contributed by atoms with Gasteiger partial charge >= 0.3 is 0 Å². The molecule has 0 aromatic rings. The number of nitrogens with zero attached hydrogens (tertiary/aromatic N) is 3. The van der Waals surface area contributed by atoms with Gasteiger partial charge in [-0.05, 0) is 38.5 Å². The Hall–Kier alpha value is -0.130. The summed E-state index contributed by atoms with van der Waals surface area (Å²) in [5, 5.41) is 7.00. The number of halogens is 1. The number of piperidine rings is 1. The van der Waals surface area contributed by atoms with E-state index in [4.69, 9.17) is 0 Å². The number of sulfonamides is 1. The topological polar surface area (TPSA) is 77.0 Å². The van der Waals surface area contributed by atoms with Crippen LogP contribution in [0.4, 0.5) is 0 Å². The maximum atomic E-state index is 11.6. The maximum Gasteiger partial charge on any atom is 0.211 e. The molecule has 2 atom stereocenters. The van der Waals surface area contributed by atoms with Crippen molar-refractivity contribution < 1.29 is 8.42 Å². The molecule has 0 spiro atoms. The van der Waals surface area contributed by atoms with E-state index in [0.717, 1.165) is 38.4 Å². The highest BCUT2D eigenvalue weighted by Crippen LogP contribution is 2.19. The molecule has 0 amide bonds. The fraction of sp³-hybridized carbons (Fsp3) is 0.941. The Morgan fingerprint density at radius 3 is 2.31 bits per heavy atom. The molecule has 0 aromatic carbocycles. The fourth-order valence-electron chi connectivity index (χ4n) is 3.67. The number of hydrogen-bond donors (Lipinski definition) is 2. The molecule has 0 radical (unpaired) electrons. The molecule has 9 heteroatoms. The maximum absolute atomic E-state index is 11.6. The van der Waals surface area contributed by atoms with E-state index in [1.165, 1.54) is 6.26 Å². The summed E-state index contributed by atoms with van der Waals surface area (Å²) in [5.41, 5.74) is 0. The van der Waals surface area contributed by atoms with Crippen molar-refractivity contribution in [3.8, 4) is 0 Å². The molecule has 0 saturated carbocycles. The van der Waals surface area contributed by atoms with Crippen LogP contribution in [0.1, 0.15) is 33.6 Å². The van der Waals surface area contributed by atoms with Crippen molar-refractivity contribution in [3.63, 3.8) is 0 Å². The van der Waals surface area contributed by atoms with Crippen LogP contribution in [0.3, 0.4) is 0 Å². The lowest BCUT2D eigenvalue weighted by Gasteiger charge is -2.31. The van der Waals surface area contributed by atoms with Crippen LogP contribution in [-0.2, 0) is 10.0 Å². The smallest absolute Gasteiger partial charge is 0.211 e. The standard InChI is InChI=1S/C17H35N5O2S.HI/c1-13(2)21-11-14(3)16(12-21)20-17(18-4)19-10-15-6-8-22(9-7-15)25(5,23)24;/h13-16H,6-12H2,1-5H3,(H2,18,19,20);1H. The molecule has 2 heterocycles. The van der Waals surface area contributed by atoms with E-state index in [9.17, 15) is 8.42 Å². The van der Waals surface area contributed by atoms with E-state index in [-0.39, 0.29) is 24.0 Å². The molecule has 0 aliphatic carbocycles. The molecule has 154 valence electrons. The van der Waals surface area contributed by atoms with Gasteiger partial charge in [0.2, 0.25) is 10.0 Å². The minimum atomic E-state index is -3.05. The second-order valence-corrected chi connectivity index (χ2v) is 9.82. The molecule has 2 rings (SSSR count). The van der Waals surface area contributed by atoms with Crippen molar-refractivity contribution in [1.29, 1.82) is 0 Å². The molecule has 2 fully saturated rings. The number of hydrogen-bond acceptors (Lipinski definition) is 4. The SMILES string of the molecule is CN=C(NCC1CCN(S(C)(=O)=O)CC1)NC1CN(C(C)C)CC1C.I. The lowest BCUT2D eigenvalue weighted by molar-refractivity contribution is 0.265. The minimum absolute atomic E-state index is 0. The van der Waals surface area contributed by atoms with E-state index in [1.54, 1.807) is 11.4 Å². The summed E-state index contributed by atoms with van der Waals surface area (Å²) < 4.78 is 24.7. The van der Waals surface area contributed by atoms with Gasteiger partial charge in [0, 0.05) is 51.9 Å². The molecular weight excluding hydrogens is 465 g/mol. The Morgan fingerprint density at radius 2 is 1.85 bits per heavy atom. The summed E-state index contributed by atoms with van der Waals surface area (Å²) in [7, 11) is -1.24. The normalized spacial score (nSPS) is 26.8. The molecule has 2 N–H and O–H groups in total. The van der Waals surface area contributed by atoms with E-state index in [0.29, 0.717) is 37.0 Å². The van der Waals surface area contributed by atoms with Gasteiger partial charge in [-0.25, -0.2) is 12.7 Å². The fourth-order valence-corrected chi connectivity index (χ4v) is 4.54. The van der Waals surface area contributed by atoms with Crippen molar-refractivity contribution in [1.82, 2.24) is 19.8 Å². The van der Waals surface area contributed by atoms with Crippen molar-refractivity contribution >= 4 is 40.0 Å². The van der Waals surface area contributed by atoms with Gasteiger partial charge in [-0.15, -0.1) is 24.0 Å². The largest absolute Gasteiger partial charge is 0.356 e. The van der Waals surface area contributed by atoms with Gasteiger partial charge in [0.1, 0.15) is 0 Å². The second kappa shape index (κ2) is 10.4. The van der Waals surface area contributed by atoms with Gasteiger partial charge in [-0.2, -0.15) is 0 Å². The number of aliphatic imine (C=N–C) groups is 1. The van der Waals surface area contributed by atoms with E-state index in [1.807, 2.05) is 0 Å². The van der Waals surface area contributed by atoms with Crippen LogP contribution in [-0.4, -0.2) is 81.7 Å². The molecule has 0 bridgehead atoms. The van der Waals surface area contributed by atoms with E-state index in [2.05, 4.69) is 41.3 Å². The number of likely N-dealkylation sites (tertiary alicyclic amines) is 1. The van der Waals surface area contributed by atoms with Crippen molar-refractivity contribution in [2.24, 2.45) is 16.8 Å². The van der Waals surface area contributed by atoms with Crippen molar-refractivity contribution in [2.75, 3.05) is 46.0 Å². The summed E-state index contributed by atoms with van der Waals surface area (Å²) in [5.74, 6) is 1.94. The third kappa shape index (κ3) is 6.79. The number of rotatable bonds is 5. The Kier molecular flexibility index (Phi) is 9.59. The van der Waals surface area contributed by atoms with Gasteiger partial charge in [0.25, 0.3) is 0 Å². The molecule has 26 heavy (non-hydrogen) atoms. The zero-order chi connectivity index (χ0) is 18.6. The molecule has 2 saturated heterocycles. The van der Waals surface area contributed by atoms with Crippen LogP contribution in [0.2, 0.25) is 0 Å². The highest BCUT2D eigenvalue weighted by atomic mass is 127.